The second-order valence-corrected chi connectivity index (χ2v) is 4.86. The van der Waals surface area contributed by atoms with Crippen molar-refractivity contribution in [1.82, 2.24) is 14.4 Å². The molecule has 0 atom stereocenters. The van der Waals surface area contributed by atoms with Gasteiger partial charge in [0.25, 0.3) is 0 Å². The highest BCUT2D eigenvalue weighted by Crippen LogP contribution is 2.21. The standard InChI is InChI=1S/C15H16N4/c1-10-3-11(2)5-12(4-10)13-7-17-15-18-14(6-16)9-19(15)8-13/h3-5,7-9H,6,16H2,1-2H3. The number of hydrogen-bond donors (Lipinski definition) is 1. The number of nitrogens with zero attached hydrogens (tertiary/aromatic N) is 3. The Morgan fingerprint density at radius 2 is 1.79 bits per heavy atom. The van der Waals surface area contributed by atoms with Crippen LogP contribution in [0.5, 0.6) is 0 Å². The number of nitrogens with two attached hydrogens (primary N) is 1. The molecule has 96 valence electrons. The van der Waals surface area contributed by atoms with Gasteiger partial charge in [-0.1, -0.05) is 29.3 Å². The van der Waals surface area contributed by atoms with Crippen LogP contribution in [-0.2, 0) is 6.54 Å². The lowest BCUT2D eigenvalue weighted by Crippen LogP contribution is -1.95. The van der Waals surface area contributed by atoms with Gasteiger partial charge in [-0.05, 0) is 19.4 Å². The summed E-state index contributed by atoms with van der Waals surface area (Å²) in [4.78, 5) is 8.71. The predicted octanol–water partition coefficient (Wildman–Crippen LogP) is 2.47. The molecule has 4 nitrogen and oxygen atoms in total. The van der Waals surface area contributed by atoms with E-state index in [1.165, 1.54) is 16.7 Å². The number of aromatic nitrogens is 3. The molecule has 0 bridgehead atoms. The summed E-state index contributed by atoms with van der Waals surface area (Å²) in [6.45, 7) is 4.64. The molecule has 0 radical (unpaired) electrons. The van der Waals surface area contributed by atoms with E-state index in [4.69, 9.17) is 5.73 Å². The van der Waals surface area contributed by atoms with Crippen molar-refractivity contribution in [1.29, 1.82) is 0 Å². The smallest absolute Gasteiger partial charge is 0.233 e. The molecule has 19 heavy (non-hydrogen) atoms. The van der Waals surface area contributed by atoms with Crippen molar-refractivity contribution in [3.63, 3.8) is 0 Å². The van der Waals surface area contributed by atoms with Crippen LogP contribution >= 0.6 is 0 Å². The summed E-state index contributed by atoms with van der Waals surface area (Å²) in [7, 11) is 0. The molecule has 0 saturated heterocycles. The molecule has 0 aliphatic rings. The molecule has 2 heterocycles. The van der Waals surface area contributed by atoms with Gasteiger partial charge in [0.05, 0.1) is 5.69 Å². The molecule has 0 aliphatic heterocycles. The van der Waals surface area contributed by atoms with Gasteiger partial charge < -0.3 is 5.73 Å². The average molecular weight is 252 g/mol. The predicted molar refractivity (Wildman–Crippen MR) is 75.8 cm³/mol. The SMILES string of the molecule is Cc1cc(C)cc(-c2cnc3nc(CN)cn3c2)c1. The first kappa shape index (κ1) is 11.9. The Morgan fingerprint density at radius 3 is 2.47 bits per heavy atom. The summed E-state index contributed by atoms with van der Waals surface area (Å²) < 4.78 is 1.93. The summed E-state index contributed by atoms with van der Waals surface area (Å²) >= 11 is 0. The molecule has 0 amide bonds. The van der Waals surface area contributed by atoms with Crippen molar-refractivity contribution in [3.8, 4) is 11.1 Å². The first-order valence-corrected chi connectivity index (χ1v) is 6.28. The topological polar surface area (TPSA) is 56.2 Å². The monoisotopic (exact) mass is 252 g/mol. The third-order valence-corrected chi connectivity index (χ3v) is 3.12. The summed E-state index contributed by atoms with van der Waals surface area (Å²) in [6.07, 6.45) is 5.83. The zero-order valence-electron chi connectivity index (χ0n) is 11.1. The number of hydrogen-bond acceptors (Lipinski definition) is 3. The fourth-order valence-electron chi connectivity index (χ4n) is 2.32. The first-order chi connectivity index (χ1) is 9.15. The molecule has 2 aromatic heterocycles. The third kappa shape index (κ3) is 2.22. The van der Waals surface area contributed by atoms with E-state index in [2.05, 4.69) is 42.0 Å². The van der Waals surface area contributed by atoms with Crippen molar-refractivity contribution in [2.24, 2.45) is 5.73 Å². The number of benzene rings is 1. The summed E-state index contributed by atoms with van der Waals surface area (Å²) in [5.74, 6) is 0.688. The fraction of sp³-hybridized carbons (Fsp3) is 0.200. The van der Waals surface area contributed by atoms with E-state index in [1.807, 2.05) is 23.0 Å². The van der Waals surface area contributed by atoms with Crippen LogP contribution in [0, 0.1) is 13.8 Å². The lowest BCUT2D eigenvalue weighted by atomic mass is 10.0. The van der Waals surface area contributed by atoms with E-state index in [1.54, 1.807) is 0 Å². The highest BCUT2D eigenvalue weighted by atomic mass is 15.1. The molecule has 3 rings (SSSR count). The van der Waals surface area contributed by atoms with Crippen molar-refractivity contribution in [2.45, 2.75) is 20.4 Å². The van der Waals surface area contributed by atoms with Gasteiger partial charge in [-0.2, -0.15) is 0 Å². The Hall–Kier alpha value is -2.20. The zero-order valence-corrected chi connectivity index (χ0v) is 11.1. The lowest BCUT2D eigenvalue weighted by Gasteiger charge is -2.05. The van der Waals surface area contributed by atoms with E-state index in [0.29, 0.717) is 12.3 Å². The van der Waals surface area contributed by atoms with Gasteiger partial charge >= 0.3 is 0 Å². The molecule has 3 aromatic rings. The Labute approximate surface area is 111 Å². The van der Waals surface area contributed by atoms with Crippen molar-refractivity contribution < 1.29 is 0 Å². The number of aryl methyl sites for hydroxylation is 2. The van der Waals surface area contributed by atoms with Crippen LogP contribution in [0.1, 0.15) is 16.8 Å². The first-order valence-electron chi connectivity index (χ1n) is 6.28. The molecule has 4 heteroatoms. The molecular formula is C15H16N4. The minimum Gasteiger partial charge on any atom is -0.325 e. The second-order valence-electron chi connectivity index (χ2n) is 4.86. The number of fused-ring (bicyclic) bond motifs is 1. The van der Waals surface area contributed by atoms with Gasteiger partial charge in [-0.3, -0.25) is 4.40 Å². The minimum absolute atomic E-state index is 0.433. The van der Waals surface area contributed by atoms with E-state index in [9.17, 15) is 0 Å². The Bertz CT molecular complexity index is 723. The van der Waals surface area contributed by atoms with Crippen LogP contribution in [0.3, 0.4) is 0 Å². The molecule has 0 unspecified atom stereocenters. The maximum Gasteiger partial charge on any atom is 0.233 e. The zero-order chi connectivity index (χ0) is 13.4. The van der Waals surface area contributed by atoms with Crippen molar-refractivity contribution >= 4 is 5.78 Å². The van der Waals surface area contributed by atoms with Crippen LogP contribution in [-0.4, -0.2) is 14.4 Å². The van der Waals surface area contributed by atoms with Crippen molar-refractivity contribution in [2.75, 3.05) is 0 Å². The largest absolute Gasteiger partial charge is 0.325 e. The average Bonchev–Trinajstić information content (AvgIpc) is 2.79. The second kappa shape index (κ2) is 4.48. The van der Waals surface area contributed by atoms with Crippen LogP contribution in [0.25, 0.3) is 16.9 Å². The van der Waals surface area contributed by atoms with E-state index in [0.717, 1.165) is 11.3 Å². The molecule has 2 N–H and O–H groups in total. The maximum absolute atomic E-state index is 5.60. The highest BCUT2D eigenvalue weighted by molar-refractivity contribution is 5.64. The van der Waals surface area contributed by atoms with Crippen LogP contribution in [0.4, 0.5) is 0 Å². The van der Waals surface area contributed by atoms with Gasteiger partial charge in [-0.15, -0.1) is 0 Å². The van der Waals surface area contributed by atoms with Crippen LogP contribution < -0.4 is 5.73 Å². The molecule has 0 fully saturated rings. The molecule has 0 saturated carbocycles. The lowest BCUT2D eigenvalue weighted by molar-refractivity contribution is 1.01. The van der Waals surface area contributed by atoms with Gasteiger partial charge in [-0.25, -0.2) is 9.97 Å². The summed E-state index contributed by atoms with van der Waals surface area (Å²) in [6, 6.07) is 6.49. The molecule has 1 aromatic carbocycles. The summed E-state index contributed by atoms with van der Waals surface area (Å²) in [5, 5.41) is 0. The fourth-order valence-corrected chi connectivity index (χ4v) is 2.32. The molecule has 0 spiro atoms. The third-order valence-electron chi connectivity index (χ3n) is 3.12. The highest BCUT2D eigenvalue weighted by Gasteiger charge is 2.05. The Kier molecular flexibility index (Phi) is 2.80. The van der Waals surface area contributed by atoms with Crippen LogP contribution in [0.2, 0.25) is 0 Å². The van der Waals surface area contributed by atoms with Crippen molar-refractivity contribution in [3.05, 3.63) is 53.6 Å². The quantitative estimate of drug-likeness (QED) is 0.762. The number of imidazole rings is 1. The minimum atomic E-state index is 0.433. The normalized spacial score (nSPS) is 11.1. The van der Waals surface area contributed by atoms with E-state index >= 15 is 0 Å². The van der Waals surface area contributed by atoms with Gasteiger partial charge in [0.2, 0.25) is 5.78 Å². The van der Waals surface area contributed by atoms with Gasteiger partial charge in [0.1, 0.15) is 0 Å². The Balaban J connectivity index is 2.14. The number of rotatable bonds is 2. The maximum atomic E-state index is 5.60. The summed E-state index contributed by atoms with van der Waals surface area (Å²) in [5.41, 5.74) is 11.2. The van der Waals surface area contributed by atoms with E-state index < -0.39 is 0 Å². The van der Waals surface area contributed by atoms with Gasteiger partial charge in [0, 0.05) is 30.7 Å². The molecular weight excluding hydrogens is 236 g/mol. The van der Waals surface area contributed by atoms with Crippen LogP contribution in [0.15, 0.2) is 36.8 Å². The Morgan fingerprint density at radius 1 is 1.05 bits per heavy atom. The van der Waals surface area contributed by atoms with Gasteiger partial charge in [0.15, 0.2) is 0 Å². The molecule has 0 aliphatic carbocycles. The van der Waals surface area contributed by atoms with E-state index in [-0.39, 0.29) is 0 Å².